The molecule has 0 spiro atoms. The van der Waals surface area contributed by atoms with Gasteiger partial charge in [-0.3, -0.25) is 0 Å². The van der Waals surface area contributed by atoms with Gasteiger partial charge in [0.05, 0.1) is 24.1 Å². The van der Waals surface area contributed by atoms with Gasteiger partial charge in [-0.25, -0.2) is 0 Å². The maximum atomic E-state index is 5.76. The number of rotatable bonds is 9. The van der Waals surface area contributed by atoms with Crippen LogP contribution in [-0.2, 0) is 9.47 Å². The van der Waals surface area contributed by atoms with Gasteiger partial charge in [0.25, 0.3) is 0 Å². The molecule has 2 nitrogen and oxygen atoms in total. The van der Waals surface area contributed by atoms with Crippen LogP contribution in [0.15, 0.2) is 0 Å². The minimum atomic E-state index is -0.0336. The third-order valence-electron chi connectivity index (χ3n) is 2.31. The van der Waals surface area contributed by atoms with E-state index in [2.05, 4.69) is 15.9 Å². The third kappa shape index (κ3) is 6.32. The molecular formula is C10H17BrCl2O2. The Bertz CT molecular complexity index is 168. The molecule has 1 fully saturated rings. The van der Waals surface area contributed by atoms with Crippen LogP contribution in [0.5, 0.6) is 0 Å². The van der Waals surface area contributed by atoms with Gasteiger partial charge in [0.2, 0.25) is 0 Å². The molecule has 1 saturated carbocycles. The van der Waals surface area contributed by atoms with Gasteiger partial charge >= 0.3 is 0 Å². The lowest BCUT2D eigenvalue weighted by atomic mass is 10.3. The van der Waals surface area contributed by atoms with Crippen molar-refractivity contribution in [3.05, 3.63) is 0 Å². The van der Waals surface area contributed by atoms with E-state index in [-0.39, 0.29) is 10.9 Å². The molecule has 90 valence electrons. The lowest BCUT2D eigenvalue weighted by molar-refractivity contribution is 0.0130. The van der Waals surface area contributed by atoms with Gasteiger partial charge in [-0.2, -0.15) is 0 Å². The van der Waals surface area contributed by atoms with E-state index in [1.54, 1.807) is 0 Å². The molecule has 0 aromatic carbocycles. The van der Waals surface area contributed by atoms with E-state index >= 15 is 0 Å². The maximum absolute atomic E-state index is 5.76. The zero-order valence-electron chi connectivity index (χ0n) is 8.63. The second-order valence-electron chi connectivity index (χ2n) is 3.75. The molecule has 0 aromatic heterocycles. The number of hydrogen-bond donors (Lipinski definition) is 0. The molecule has 0 aliphatic heterocycles. The standard InChI is InChI=1S/C10H17BrCl2O2/c11-9(5-12)10(6-13)15-4-3-14-7-8-1-2-8/h8-10H,1-7H2. The summed E-state index contributed by atoms with van der Waals surface area (Å²) in [5, 5.41) is 0. The van der Waals surface area contributed by atoms with E-state index in [1.807, 2.05) is 0 Å². The van der Waals surface area contributed by atoms with Crippen LogP contribution in [-0.4, -0.2) is 42.5 Å². The minimum Gasteiger partial charge on any atom is -0.379 e. The molecule has 0 amide bonds. The Morgan fingerprint density at radius 2 is 1.93 bits per heavy atom. The number of ether oxygens (including phenoxy) is 2. The number of alkyl halides is 3. The van der Waals surface area contributed by atoms with E-state index in [0.29, 0.717) is 25.0 Å². The highest BCUT2D eigenvalue weighted by Gasteiger charge is 2.21. The zero-order valence-corrected chi connectivity index (χ0v) is 11.7. The number of hydrogen-bond acceptors (Lipinski definition) is 2. The van der Waals surface area contributed by atoms with Crippen molar-refractivity contribution in [1.82, 2.24) is 0 Å². The second-order valence-corrected chi connectivity index (χ2v) is 5.55. The summed E-state index contributed by atoms with van der Waals surface area (Å²) in [6.45, 7) is 2.11. The van der Waals surface area contributed by atoms with Crippen molar-refractivity contribution in [2.75, 3.05) is 31.6 Å². The summed E-state index contributed by atoms with van der Waals surface area (Å²) < 4.78 is 11.0. The zero-order chi connectivity index (χ0) is 11.1. The fraction of sp³-hybridized carbons (Fsp3) is 1.00. The Morgan fingerprint density at radius 3 is 2.47 bits per heavy atom. The lowest BCUT2D eigenvalue weighted by Gasteiger charge is -2.18. The summed E-state index contributed by atoms with van der Waals surface area (Å²) in [4.78, 5) is 0.111. The molecule has 1 aliphatic rings. The van der Waals surface area contributed by atoms with Crippen LogP contribution in [0, 0.1) is 5.92 Å². The molecule has 0 heterocycles. The van der Waals surface area contributed by atoms with Crippen LogP contribution in [0.25, 0.3) is 0 Å². The monoisotopic (exact) mass is 318 g/mol. The van der Waals surface area contributed by atoms with Crippen molar-refractivity contribution in [3.8, 4) is 0 Å². The summed E-state index contributed by atoms with van der Waals surface area (Å²) in [7, 11) is 0. The quantitative estimate of drug-likeness (QED) is 0.480. The highest BCUT2D eigenvalue weighted by Crippen LogP contribution is 2.28. The summed E-state index contributed by atoms with van der Waals surface area (Å²) in [6.07, 6.45) is 2.61. The highest BCUT2D eigenvalue weighted by molar-refractivity contribution is 9.09. The van der Waals surface area contributed by atoms with Crippen LogP contribution in [0.4, 0.5) is 0 Å². The SMILES string of the molecule is ClCC(Br)C(CCl)OCCOCC1CC1. The van der Waals surface area contributed by atoms with Crippen molar-refractivity contribution in [3.63, 3.8) is 0 Å². The minimum absolute atomic E-state index is 0.0336. The average molecular weight is 320 g/mol. The Balaban J connectivity index is 1.95. The van der Waals surface area contributed by atoms with Gasteiger partial charge in [-0.05, 0) is 18.8 Å². The van der Waals surface area contributed by atoms with Crippen molar-refractivity contribution in [1.29, 1.82) is 0 Å². The van der Waals surface area contributed by atoms with E-state index in [4.69, 9.17) is 32.7 Å². The third-order valence-corrected chi connectivity index (χ3v) is 4.24. The summed E-state index contributed by atoms with van der Waals surface area (Å²) >= 11 is 14.9. The molecule has 2 atom stereocenters. The van der Waals surface area contributed by atoms with E-state index in [9.17, 15) is 0 Å². The van der Waals surface area contributed by atoms with Crippen molar-refractivity contribution in [2.45, 2.75) is 23.8 Å². The maximum Gasteiger partial charge on any atom is 0.0847 e. The van der Waals surface area contributed by atoms with Gasteiger partial charge in [-0.15, -0.1) is 23.2 Å². The topological polar surface area (TPSA) is 18.5 Å². The first-order chi connectivity index (χ1) is 7.27. The molecule has 0 bridgehead atoms. The van der Waals surface area contributed by atoms with Gasteiger partial charge in [0.15, 0.2) is 0 Å². The Kier molecular flexibility index (Phi) is 7.61. The Labute approximate surface area is 110 Å². The van der Waals surface area contributed by atoms with Gasteiger partial charge < -0.3 is 9.47 Å². The largest absolute Gasteiger partial charge is 0.379 e. The lowest BCUT2D eigenvalue weighted by Crippen LogP contribution is -2.29. The molecule has 0 saturated heterocycles. The summed E-state index contributed by atoms with van der Waals surface area (Å²) in [5.74, 6) is 1.76. The first-order valence-corrected chi connectivity index (χ1v) is 7.21. The van der Waals surface area contributed by atoms with Crippen LogP contribution in [0.2, 0.25) is 0 Å². The van der Waals surface area contributed by atoms with Crippen molar-refractivity contribution in [2.24, 2.45) is 5.92 Å². The number of halogens is 3. The molecule has 0 radical (unpaired) electrons. The summed E-state index contributed by atoms with van der Waals surface area (Å²) in [6, 6.07) is 0. The smallest absolute Gasteiger partial charge is 0.0847 e. The highest BCUT2D eigenvalue weighted by atomic mass is 79.9. The fourth-order valence-electron chi connectivity index (χ4n) is 1.14. The predicted octanol–water partition coefficient (Wildman–Crippen LogP) is 3.04. The summed E-state index contributed by atoms with van der Waals surface area (Å²) in [5.41, 5.74) is 0. The second kappa shape index (κ2) is 8.13. The van der Waals surface area contributed by atoms with Crippen LogP contribution < -0.4 is 0 Å². The van der Waals surface area contributed by atoms with Crippen LogP contribution in [0.1, 0.15) is 12.8 Å². The first kappa shape index (κ1) is 14.0. The van der Waals surface area contributed by atoms with Crippen molar-refractivity contribution >= 4 is 39.1 Å². The fourth-order valence-corrected chi connectivity index (χ4v) is 2.20. The molecule has 0 N–H and O–H groups in total. The molecule has 15 heavy (non-hydrogen) atoms. The molecule has 5 heteroatoms. The Morgan fingerprint density at radius 1 is 1.20 bits per heavy atom. The molecular weight excluding hydrogens is 303 g/mol. The van der Waals surface area contributed by atoms with E-state index < -0.39 is 0 Å². The van der Waals surface area contributed by atoms with E-state index in [1.165, 1.54) is 12.8 Å². The predicted molar refractivity (Wildman–Crippen MR) is 67.4 cm³/mol. The molecule has 0 aromatic rings. The first-order valence-electron chi connectivity index (χ1n) is 5.23. The Hall–Kier alpha value is 0.980. The van der Waals surface area contributed by atoms with Gasteiger partial charge in [0, 0.05) is 18.4 Å². The van der Waals surface area contributed by atoms with Gasteiger partial charge in [-0.1, -0.05) is 15.9 Å². The molecule has 1 rings (SSSR count). The molecule has 1 aliphatic carbocycles. The van der Waals surface area contributed by atoms with Gasteiger partial charge in [0.1, 0.15) is 0 Å². The molecule has 2 unspecified atom stereocenters. The van der Waals surface area contributed by atoms with Crippen molar-refractivity contribution < 1.29 is 9.47 Å². The average Bonchev–Trinajstić information content (AvgIpc) is 3.06. The van der Waals surface area contributed by atoms with Crippen LogP contribution >= 0.6 is 39.1 Å². The van der Waals surface area contributed by atoms with E-state index in [0.717, 1.165) is 12.5 Å². The normalized spacial score (nSPS) is 20.2. The van der Waals surface area contributed by atoms with Crippen LogP contribution in [0.3, 0.4) is 0 Å².